The summed E-state index contributed by atoms with van der Waals surface area (Å²) in [6.07, 6.45) is -1.04. The number of aliphatic hydroxyl groups excluding tert-OH is 1. The van der Waals surface area contributed by atoms with E-state index in [9.17, 15) is 4.79 Å². The van der Waals surface area contributed by atoms with Gasteiger partial charge in [-0.3, -0.25) is 4.79 Å². The molecule has 90 valence electrons. The zero-order valence-corrected chi connectivity index (χ0v) is 10.2. The number of benzene rings is 1. The monoisotopic (exact) mass is 232 g/mol. The molecule has 4 heteroatoms. The Hall–Kier alpha value is -1.86. The predicted octanol–water partition coefficient (Wildman–Crippen LogP) is 1.81. The SMILES string of the molecule is CC(O)C(=O)Nc1ccc(C(C)(C)C#N)cc1. The van der Waals surface area contributed by atoms with E-state index in [1.165, 1.54) is 6.92 Å². The lowest BCUT2D eigenvalue weighted by molar-refractivity contribution is -0.123. The van der Waals surface area contributed by atoms with E-state index >= 15 is 0 Å². The van der Waals surface area contributed by atoms with Gasteiger partial charge < -0.3 is 10.4 Å². The summed E-state index contributed by atoms with van der Waals surface area (Å²) in [5.41, 5.74) is 0.940. The maximum Gasteiger partial charge on any atom is 0.252 e. The van der Waals surface area contributed by atoms with Gasteiger partial charge in [-0.2, -0.15) is 5.26 Å². The Morgan fingerprint density at radius 1 is 1.41 bits per heavy atom. The van der Waals surface area contributed by atoms with Gasteiger partial charge in [0.05, 0.1) is 11.5 Å². The van der Waals surface area contributed by atoms with E-state index in [2.05, 4.69) is 11.4 Å². The summed E-state index contributed by atoms with van der Waals surface area (Å²) in [5.74, 6) is -0.447. The van der Waals surface area contributed by atoms with Gasteiger partial charge in [0.2, 0.25) is 0 Å². The Balaban J connectivity index is 2.83. The summed E-state index contributed by atoms with van der Waals surface area (Å²) in [7, 11) is 0. The predicted molar refractivity (Wildman–Crippen MR) is 65.4 cm³/mol. The molecule has 1 aromatic carbocycles. The van der Waals surface area contributed by atoms with Crippen LogP contribution >= 0.6 is 0 Å². The fourth-order valence-electron chi connectivity index (χ4n) is 1.28. The Labute approximate surface area is 101 Å². The van der Waals surface area contributed by atoms with Crippen LogP contribution in [0.3, 0.4) is 0 Å². The van der Waals surface area contributed by atoms with Crippen LogP contribution in [-0.2, 0) is 10.2 Å². The van der Waals surface area contributed by atoms with Gasteiger partial charge in [0.1, 0.15) is 6.10 Å². The van der Waals surface area contributed by atoms with Crippen molar-refractivity contribution in [1.29, 1.82) is 5.26 Å². The highest BCUT2D eigenvalue weighted by atomic mass is 16.3. The van der Waals surface area contributed by atoms with Crippen LogP contribution in [-0.4, -0.2) is 17.1 Å². The summed E-state index contributed by atoms with van der Waals surface area (Å²) in [5, 5.41) is 20.6. The normalized spacial score (nSPS) is 12.6. The molecule has 0 radical (unpaired) electrons. The first kappa shape index (κ1) is 13.2. The van der Waals surface area contributed by atoms with Gasteiger partial charge in [-0.05, 0) is 38.5 Å². The van der Waals surface area contributed by atoms with Gasteiger partial charge in [-0.25, -0.2) is 0 Å². The van der Waals surface area contributed by atoms with E-state index in [0.29, 0.717) is 5.69 Å². The highest BCUT2D eigenvalue weighted by Gasteiger charge is 2.19. The number of nitriles is 1. The summed E-state index contributed by atoms with van der Waals surface area (Å²) in [6.45, 7) is 5.06. The molecular formula is C13H16N2O2. The van der Waals surface area contributed by atoms with Crippen molar-refractivity contribution in [3.05, 3.63) is 29.8 Å². The number of aliphatic hydroxyl groups is 1. The molecule has 1 aromatic rings. The maximum absolute atomic E-state index is 11.2. The van der Waals surface area contributed by atoms with Crippen molar-refractivity contribution in [3.63, 3.8) is 0 Å². The third-order valence-corrected chi connectivity index (χ3v) is 2.53. The van der Waals surface area contributed by atoms with E-state index in [1.807, 2.05) is 13.8 Å². The van der Waals surface area contributed by atoms with Crippen molar-refractivity contribution in [2.45, 2.75) is 32.3 Å². The molecule has 17 heavy (non-hydrogen) atoms. The average molecular weight is 232 g/mol. The topological polar surface area (TPSA) is 73.1 Å². The lowest BCUT2D eigenvalue weighted by atomic mass is 9.86. The van der Waals surface area contributed by atoms with Crippen LogP contribution in [0.5, 0.6) is 0 Å². The Bertz CT molecular complexity index is 441. The molecule has 0 aliphatic heterocycles. The molecule has 0 saturated heterocycles. The smallest absolute Gasteiger partial charge is 0.252 e. The molecule has 1 amide bonds. The highest BCUT2D eigenvalue weighted by molar-refractivity contribution is 5.93. The molecule has 0 heterocycles. The Kier molecular flexibility index (Phi) is 3.87. The largest absolute Gasteiger partial charge is 0.384 e. The molecule has 2 N–H and O–H groups in total. The molecule has 1 atom stereocenters. The fourth-order valence-corrected chi connectivity index (χ4v) is 1.28. The molecule has 0 saturated carbocycles. The number of carbonyl (C=O) groups is 1. The lowest BCUT2D eigenvalue weighted by Crippen LogP contribution is -2.24. The number of hydrogen-bond acceptors (Lipinski definition) is 3. The molecular weight excluding hydrogens is 216 g/mol. The summed E-state index contributed by atoms with van der Waals surface area (Å²) in [4.78, 5) is 11.2. The van der Waals surface area contributed by atoms with Gasteiger partial charge in [0.25, 0.3) is 5.91 Å². The van der Waals surface area contributed by atoms with E-state index in [-0.39, 0.29) is 0 Å². The lowest BCUT2D eigenvalue weighted by Gasteiger charge is -2.16. The quantitative estimate of drug-likeness (QED) is 0.834. The van der Waals surface area contributed by atoms with Crippen LogP contribution in [0.4, 0.5) is 5.69 Å². The maximum atomic E-state index is 11.2. The van der Waals surface area contributed by atoms with Crippen LogP contribution in [0.15, 0.2) is 24.3 Å². The van der Waals surface area contributed by atoms with Gasteiger partial charge in [0.15, 0.2) is 0 Å². The van der Waals surface area contributed by atoms with E-state index in [4.69, 9.17) is 10.4 Å². The summed E-state index contributed by atoms with van der Waals surface area (Å²) in [6, 6.07) is 9.23. The molecule has 4 nitrogen and oxygen atoms in total. The van der Waals surface area contributed by atoms with Gasteiger partial charge >= 0.3 is 0 Å². The molecule has 1 rings (SSSR count). The van der Waals surface area contributed by atoms with Crippen molar-refractivity contribution >= 4 is 11.6 Å². The minimum absolute atomic E-state index is 0.447. The zero-order valence-electron chi connectivity index (χ0n) is 10.2. The third kappa shape index (κ3) is 3.30. The second-order valence-corrected chi connectivity index (χ2v) is 4.48. The number of nitrogens with one attached hydrogen (secondary N) is 1. The number of nitrogens with zero attached hydrogens (tertiary/aromatic N) is 1. The van der Waals surface area contributed by atoms with Crippen molar-refractivity contribution in [1.82, 2.24) is 0 Å². The number of anilines is 1. The van der Waals surface area contributed by atoms with Crippen molar-refractivity contribution in [3.8, 4) is 6.07 Å². The summed E-state index contributed by atoms with van der Waals surface area (Å²) >= 11 is 0. The minimum atomic E-state index is -1.04. The first-order chi connectivity index (χ1) is 7.86. The average Bonchev–Trinajstić information content (AvgIpc) is 2.29. The van der Waals surface area contributed by atoms with Gasteiger partial charge in [0, 0.05) is 5.69 Å². The van der Waals surface area contributed by atoms with Crippen LogP contribution in [0.2, 0.25) is 0 Å². The number of carbonyl (C=O) groups excluding carboxylic acids is 1. The van der Waals surface area contributed by atoms with Crippen LogP contribution in [0.1, 0.15) is 26.3 Å². The van der Waals surface area contributed by atoms with Crippen LogP contribution in [0, 0.1) is 11.3 Å². The number of amides is 1. The second kappa shape index (κ2) is 4.98. The molecule has 0 fully saturated rings. The molecule has 0 aliphatic rings. The van der Waals surface area contributed by atoms with E-state index in [1.54, 1.807) is 24.3 Å². The standard InChI is InChI=1S/C13H16N2O2/c1-9(16)12(17)15-11-6-4-10(5-7-11)13(2,3)8-14/h4-7,9,16H,1-3H3,(H,15,17). The van der Waals surface area contributed by atoms with Gasteiger partial charge in [-0.15, -0.1) is 0 Å². The number of hydrogen-bond donors (Lipinski definition) is 2. The molecule has 0 spiro atoms. The molecule has 0 aliphatic carbocycles. The molecule has 1 unspecified atom stereocenters. The molecule has 0 aromatic heterocycles. The van der Waals surface area contributed by atoms with Crippen molar-refractivity contribution < 1.29 is 9.90 Å². The van der Waals surface area contributed by atoms with Crippen molar-refractivity contribution in [2.75, 3.05) is 5.32 Å². The van der Waals surface area contributed by atoms with Crippen LogP contribution in [0.25, 0.3) is 0 Å². The Morgan fingerprint density at radius 2 is 1.94 bits per heavy atom. The second-order valence-electron chi connectivity index (χ2n) is 4.48. The Morgan fingerprint density at radius 3 is 2.35 bits per heavy atom. The highest BCUT2D eigenvalue weighted by Crippen LogP contribution is 2.23. The molecule has 0 bridgehead atoms. The first-order valence-corrected chi connectivity index (χ1v) is 5.37. The summed E-state index contributed by atoms with van der Waals surface area (Å²) < 4.78 is 0. The minimum Gasteiger partial charge on any atom is -0.384 e. The van der Waals surface area contributed by atoms with E-state index < -0.39 is 17.4 Å². The fraction of sp³-hybridized carbons (Fsp3) is 0.385. The van der Waals surface area contributed by atoms with Crippen LogP contribution < -0.4 is 5.32 Å². The van der Waals surface area contributed by atoms with Gasteiger partial charge in [-0.1, -0.05) is 12.1 Å². The number of rotatable bonds is 3. The zero-order chi connectivity index (χ0) is 13.1. The first-order valence-electron chi connectivity index (χ1n) is 5.37. The van der Waals surface area contributed by atoms with E-state index in [0.717, 1.165) is 5.56 Å². The van der Waals surface area contributed by atoms with Crippen molar-refractivity contribution in [2.24, 2.45) is 0 Å². The third-order valence-electron chi connectivity index (χ3n) is 2.53.